The summed E-state index contributed by atoms with van der Waals surface area (Å²) in [6.07, 6.45) is 0. The maximum Gasteiger partial charge on any atom is 0.360 e. The number of H-pyrrole nitrogens is 1. The van der Waals surface area contributed by atoms with Crippen LogP contribution in [0.25, 0.3) is 22.4 Å². The number of ether oxygens (including phenoxy) is 2. The van der Waals surface area contributed by atoms with E-state index in [1.54, 1.807) is 30.3 Å². The molecule has 1 aromatic heterocycles. The van der Waals surface area contributed by atoms with Crippen molar-refractivity contribution in [2.24, 2.45) is 10.2 Å². The van der Waals surface area contributed by atoms with Crippen LogP contribution < -0.4 is 14.4 Å². The van der Waals surface area contributed by atoms with Crippen molar-refractivity contribution in [3.05, 3.63) is 72.3 Å². The first-order valence-corrected chi connectivity index (χ1v) is 9.11. The van der Waals surface area contributed by atoms with E-state index in [2.05, 4.69) is 25.1 Å². The molecule has 0 bridgehead atoms. The number of fused-ring (bicyclic) bond motifs is 1. The molecule has 0 aliphatic heterocycles. The van der Waals surface area contributed by atoms with Crippen LogP contribution in [0.2, 0.25) is 0 Å². The normalized spacial score (nSPS) is 10.3. The van der Waals surface area contributed by atoms with Gasteiger partial charge in [0.05, 0.1) is 30.8 Å². The van der Waals surface area contributed by atoms with Gasteiger partial charge in [0.1, 0.15) is 5.82 Å². The number of rotatable bonds is 5. The van der Waals surface area contributed by atoms with Crippen molar-refractivity contribution in [1.82, 2.24) is 14.9 Å². The highest BCUT2D eigenvalue weighted by molar-refractivity contribution is 5.95. The summed E-state index contributed by atoms with van der Waals surface area (Å²) in [7, 11) is 3.02. The Morgan fingerprint density at radius 3 is 2.47 bits per heavy atom. The molecule has 8 heteroatoms. The summed E-state index contributed by atoms with van der Waals surface area (Å²) >= 11 is 0. The van der Waals surface area contributed by atoms with E-state index in [-0.39, 0.29) is 0 Å². The number of carbonyl (C=O) groups is 1. The van der Waals surface area contributed by atoms with Crippen molar-refractivity contribution in [2.75, 3.05) is 14.2 Å². The molecule has 30 heavy (non-hydrogen) atoms. The molecule has 0 spiro atoms. The molecule has 148 valence electrons. The summed E-state index contributed by atoms with van der Waals surface area (Å²) in [5, 5.41) is 7.61. The van der Waals surface area contributed by atoms with Crippen LogP contribution in [-0.4, -0.2) is 30.1 Å². The molecular formula is C22H18N5O3+. The average Bonchev–Trinajstić information content (AvgIpc) is 3.23. The number of aromatic amines is 1. The van der Waals surface area contributed by atoms with Crippen molar-refractivity contribution in [1.29, 1.82) is 0 Å². The zero-order valence-electron chi connectivity index (χ0n) is 16.4. The summed E-state index contributed by atoms with van der Waals surface area (Å²) in [5.41, 5.74) is 3.70. The minimum absolute atomic E-state index is 0.326. The van der Waals surface area contributed by atoms with Crippen LogP contribution in [-0.2, 0) is 0 Å². The standard InChI is InChI=1S/C22H17N5O3/c1-29-19-12-9-15(13-20(19)30-2)22(28)26-27-25-16-10-7-14(8-11-16)21-23-17-5-3-4-6-18(17)24-21/h3-13H,1-2H3/p+1. The van der Waals surface area contributed by atoms with Gasteiger partial charge in [-0.15, -0.1) is 0 Å². The summed E-state index contributed by atoms with van der Waals surface area (Å²) in [6.45, 7) is 0. The number of carbonyl (C=O) groups excluding carboxylic acids is 1. The lowest BCUT2D eigenvalue weighted by Crippen LogP contribution is -1.97. The molecule has 1 N–H and O–H groups in total. The van der Waals surface area contributed by atoms with Gasteiger partial charge in [-0.05, 0) is 54.6 Å². The number of benzene rings is 3. The van der Waals surface area contributed by atoms with Gasteiger partial charge in [0.15, 0.2) is 22.3 Å². The molecule has 0 radical (unpaired) electrons. The molecule has 0 aliphatic rings. The first-order valence-electron chi connectivity index (χ1n) is 9.11. The molecule has 1 amide bonds. The molecule has 8 nitrogen and oxygen atoms in total. The van der Waals surface area contributed by atoms with E-state index >= 15 is 0 Å². The second-order valence-electron chi connectivity index (χ2n) is 6.31. The Morgan fingerprint density at radius 1 is 0.967 bits per heavy atom. The van der Waals surface area contributed by atoms with Gasteiger partial charge in [-0.2, -0.15) is 0 Å². The lowest BCUT2D eigenvalue weighted by atomic mass is 10.2. The summed E-state index contributed by atoms with van der Waals surface area (Å²) in [5.74, 6) is 1.21. The number of amides is 1. The summed E-state index contributed by atoms with van der Waals surface area (Å²) in [6, 6.07) is 19.9. The molecule has 0 unspecified atom stereocenters. The van der Waals surface area contributed by atoms with Gasteiger partial charge >= 0.3 is 5.91 Å². The monoisotopic (exact) mass is 400 g/mol. The van der Waals surface area contributed by atoms with E-state index in [1.807, 2.05) is 36.4 Å². The first kappa shape index (κ1) is 19.0. The van der Waals surface area contributed by atoms with Crippen LogP contribution >= 0.6 is 0 Å². The summed E-state index contributed by atoms with van der Waals surface area (Å²) < 4.78 is 10.3. The highest BCUT2D eigenvalue weighted by atomic mass is 16.5. The van der Waals surface area contributed by atoms with Crippen molar-refractivity contribution in [2.45, 2.75) is 0 Å². The topological polar surface area (TPSA) is 103 Å². The Balaban J connectivity index is 1.50. The van der Waals surface area contributed by atoms with E-state index in [0.29, 0.717) is 22.7 Å². The smallest absolute Gasteiger partial charge is 0.360 e. The molecule has 1 heterocycles. The van der Waals surface area contributed by atoms with Crippen molar-refractivity contribution in [3.8, 4) is 22.9 Å². The maximum absolute atomic E-state index is 12.2. The van der Waals surface area contributed by atoms with Crippen LogP contribution in [0.1, 0.15) is 10.4 Å². The second kappa shape index (κ2) is 8.38. The molecule has 0 aliphatic carbocycles. The molecule has 0 fully saturated rings. The van der Waals surface area contributed by atoms with Gasteiger partial charge < -0.3 is 14.5 Å². The molecular weight excluding hydrogens is 382 g/mol. The Kier molecular flexibility index (Phi) is 5.32. The van der Waals surface area contributed by atoms with Crippen LogP contribution in [0, 0.1) is 0 Å². The van der Waals surface area contributed by atoms with Crippen molar-refractivity contribution >= 4 is 22.6 Å². The highest BCUT2D eigenvalue weighted by Crippen LogP contribution is 2.27. The van der Waals surface area contributed by atoms with Crippen LogP contribution in [0.3, 0.4) is 0 Å². The minimum Gasteiger partial charge on any atom is -0.493 e. The van der Waals surface area contributed by atoms with E-state index in [0.717, 1.165) is 22.4 Å². The number of hydrogen-bond donors (Lipinski definition) is 1. The molecule has 3 aromatic carbocycles. The minimum atomic E-state index is -0.529. The highest BCUT2D eigenvalue weighted by Gasteiger charge is 2.14. The number of aromatic nitrogens is 2. The number of imidazole rings is 1. The van der Waals surface area contributed by atoms with Gasteiger partial charge in [-0.25, -0.2) is 4.98 Å². The lowest BCUT2D eigenvalue weighted by Gasteiger charge is -2.06. The lowest BCUT2D eigenvalue weighted by molar-refractivity contribution is 0.0992. The number of nitrogens with one attached hydrogen (secondary N) is 1. The molecule has 4 rings (SSSR count). The Hall–Kier alpha value is -4.29. The molecule has 4 aromatic rings. The van der Waals surface area contributed by atoms with Crippen molar-refractivity contribution in [3.63, 3.8) is 0 Å². The third kappa shape index (κ3) is 3.94. The zero-order valence-corrected chi connectivity index (χ0v) is 16.4. The Morgan fingerprint density at radius 2 is 1.73 bits per heavy atom. The zero-order chi connectivity index (χ0) is 20.9. The maximum atomic E-state index is 12.2. The largest absolute Gasteiger partial charge is 0.493 e. The quantitative estimate of drug-likeness (QED) is 0.388. The predicted molar refractivity (Wildman–Crippen MR) is 112 cm³/mol. The van der Waals surface area contributed by atoms with Gasteiger partial charge in [0, 0.05) is 5.56 Å². The van der Waals surface area contributed by atoms with E-state index in [1.165, 1.54) is 14.2 Å². The Labute approximate surface area is 171 Å². The fraction of sp³-hybridized carbons (Fsp3) is 0.0909. The van der Waals surface area contributed by atoms with Gasteiger partial charge in [-0.1, -0.05) is 12.1 Å². The number of para-hydroxylation sites is 2. The number of hydrogen-bond acceptors (Lipinski definition) is 5. The van der Waals surface area contributed by atoms with Crippen LogP contribution in [0.4, 0.5) is 5.69 Å². The predicted octanol–water partition coefficient (Wildman–Crippen LogP) is 4.69. The van der Waals surface area contributed by atoms with Gasteiger partial charge in [0.2, 0.25) is 10.0 Å². The van der Waals surface area contributed by atoms with E-state index < -0.39 is 5.91 Å². The molecule has 0 atom stereocenters. The Bertz CT molecular complexity index is 1240. The second-order valence-corrected chi connectivity index (χ2v) is 6.31. The van der Waals surface area contributed by atoms with E-state index in [9.17, 15) is 4.79 Å². The molecule has 0 saturated carbocycles. The van der Waals surface area contributed by atoms with Gasteiger partial charge in [0.25, 0.3) is 0 Å². The fourth-order valence-electron chi connectivity index (χ4n) is 2.92. The first-order chi connectivity index (χ1) is 14.7. The number of methoxy groups -OCH3 is 2. The average molecular weight is 400 g/mol. The number of nitrogens with zero attached hydrogens (tertiary/aromatic N) is 4. The van der Waals surface area contributed by atoms with Crippen LogP contribution in [0.5, 0.6) is 11.5 Å². The third-order valence-corrected chi connectivity index (χ3v) is 4.46. The fourth-order valence-corrected chi connectivity index (χ4v) is 2.92. The summed E-state index contributed by atoms with van der Waals surface area (Å²) in [4.78, 5) is 23.7. The van der Waals surface area contributed by atoms with Gasteiger partial charge in [-0.3, -0.25) is 4.79 Å². The SMILES string of the molecule is COc1ccc(C(=O)N=[N+]=Nc2ccc(-c3nc4ccccc4[nH]3)cc2)cc1OC. The van der Waals surface area contributed by atoms with Crippen LogP contribution in [0.15, 0.2) is 77.0 Å². The third-order valence-electron chi connectivity index (χ3n) is 4.46. The van der Waals surface area contributed by atoms with E-state index in [4.69, 9.17) is 9.47 Å². The molecule has 0 saturated heterocycles. The van der Waals surface area contributed by atoms with Crippen molar-refractivity contribution < 1.29 is 14.3 Å².